The molecule has 0 fully saturated rings. The van der Waals surface area contributed by atoms with E-state index in [4.69, 9.17) is 14.2 Å². The van der Waals surface area contributed by atoms with Crippen LogP contribution in [0.4, 0.5) is 4.39 Å². The van der Waals surface area contributed by atoms with E-state index >= 15 is 0 Å². The third-order valence-corrected chi connectivity index (χ3v) is 6.43. The number of carbonyl (C=O) groups is 1. The van der Waals surface area contributed by atoms with Crippen molar-refractivity contribution >= 4 is 34.3 Å². The highest BCUT2D eigenvalue weighted by Crippen LogP contribution is 2.45. The van der Waals surface area contributed by atoms with E-state index in [9.17, 15) is 14.3 Å². The van der Waals surface area contributed by atoms with Gasteiger partial charge < -0.3 is 19.3 Å². The van der Waals surface area contributed by atoms with Gasteiger partial charge in [-0.3, -0.25) is 0 Å². The number of carbonyl (C=O) groups excluding carboxylic acids is 1. The lowest BCUT2D eigenvalue weighted by atomic mass is 9.88. The number of halogens is 1. The van der Waals surface area contributed by atoms with Gasteiger partial charge in [-0.1, -0.05) is 19.1 Å². The van der Waals surface area contributed by atoms with Gasteiger partial charge in [0.15, 0.2) is 11.6 Å². The molecule has 0 amide bonds. The largest absolute Gasteiger partial charge is 0.491 e. The van der Waals surface area contributed by atoms with E-state index in [1.807, 2.05) is 6.92 Å². The lowest BCUT2D eigenvalue weighted by Crippen LogP contribution is -2.30. The maximum Gasteiger partial charge on any atom is 0.342 e. The van der Waals surface area contributed by atoms with Crippen LogP contribution in [0.15, 0.2) is 60.3 Å². The average Bonchev–Trinajstić information content (AvgIpc) is 3.45. The summed E-state index contributed by atoms with van der Waals surface area (Å²) in [6, 6.07) is 12.7. The van der Waals surface area contributed by atoms with Gasteiger partial charge in [-0.25, -0.2) is 14.2 Å². The van der Waals surface area contributed by atoms with Crippen LogP contribution < -0.4 is 9.47 Å². The number of aliphatic hydroxyl groups is 1. The molecule has 0 bridgehead atoms. The second-order valence-corrected chi connectivity index (χ2v) is 8.76. The smallest absolute Gasteiger partial charge is 0.342 e. The molecule has 0 saturated heterocycles. The minimum Gasteiger partial charge on any atom is -0.491 e. The molecule has 1 atom stereocenters. The molecule has 184 valence electrons. The van der Waals surface area contributed by atoms with Crippen LogP contribution in [0.25, 0.3) is 16.6 Å². The summed E-state index contributed by atoms with van der Waals surface area (Å²) in [5.74, 6) is -3.12. The lowest BCUT2D eigenvalue weighted by molar-refractivity contribution is -0.185. The first-order valence-corrected chi connectivity index (χ1v) is 12.0. The highest BCUT2D eigenvalue weighted by atomic mass is 32.1. The minimum atomic E-state index is -2.20. The molecule has 0 saturated carbocycles. The highest BCUT2D eigenvalue weighted by Gasteiger charge is 2.48. The van der Waals surface area contributed by atoms with Crippen molar-refractivity contribution in [3.05, 3.63) is 82.8 Å². The molecule has 2 aromatic carbocycles. The van der Waals surface area contributed by atoms with Gasteiger partial charge in [-0.2, -0.15) is 8.75 Å². The number of ether oxygens (including phenoxy) is 3. The first-order chi connectivity index (χ1) is 17.4. The van der Waals surface area contributed by atoms with Gasteiger partial charge in [-0.15, -0.1) is 0 Å². The fraction of sp³-hybridized carbons (Fsp3) is 0.231. The number of hydrogen-bond acceptors (Lipinski definition) is 9. The van der Waals surface area contributed by atoms with E-state index in [1.54, 1.807) is 36.5 Å². The summed E-state index contributed by atoms with van der Waals surface area (Å²) >= 11 is 1.06. The second-order valence-electron chi connectivity index (χ2n) is 8.23. The summed E-state index contributed by atoms with van der Waals surface area (Å²) in [4.78, 5) is 17.4. The van der Waals surface area contributed by atoms with Gasteiger partial charge >= 0.3 is 5.97 Å². The van der Waals surface area contributed by atoms with Crippen LogP contribution >= 0.6 is 11.7 Å². The molecule has 1 N–H and O–H groups in total. The summed E-state index contributed by atoms with van der Waals surface area (Å²) in [6.07, 6.45) is 2.41. The SMILES string of the molecule is CCCOc1ccc(C2(O)OC(=O)C(c3ccc4nsnc4c3)=C2Cc2ccc(OC)nc2)cc1F. The molecule has 3 heterocycles. The lowest BCUT2D eigenvalue weighted by Gasteiger charge is -2.26. The van der Waals surface area contributed by atoms with Gasteiger partial charge in [0.2, 0.25) is 5.88 Å². The zero-order chi connectivity index (χ0) is 25.3. The third-order valence-electron chi connectivity index (χ3n) is 5.87. The van der Waals surface area contributed by atoms with Crippen molar-refractivity contribution in [3.8, 4) is 11.6 Å². The van der Waals surface area contributed by atoms with Crippen molar-refractivity contribution in [3.63, 3.8) is 0 Å². The molecule has 0 aliphatic carbocycles. The molecule has 0 spiro atoms. The van der Waals surface area contributed by atoms with Gasteiger partial charge in [0, 0.05) is 29.8 Å². The molecule has 4 aromatic rings. The van der Waals surface area contributed by atoms with Crippen molar-refractivity contribution in [1.29, 1.82) is 0 Å². The zero-order valence-electron chi connectivity index (χ0n) is 19.5. The monoisotopic (exact) mass is 507 g/mol. The topological polar surface area (TPSA) is 104 Å². The number of benzene rings is 2. The molecule has 1 aliphatic heterocycles. The second kappa shape index (κ2) is 9.63. The van der Waals surface area contributed by atoms with Crippen LogP contribution in [0, 0.1) is 5.82 Å². The van der Waals surface area contributed by atoms with E-state index in [-0.39, 0.29) is 28.9 Å². The predicted octanol–water partition coefficient (Wildman–Crippen LogP) is 4.42. The van der Waals surface area contributed by atoms with Crippen LogP contribution in [0.3, 0.4) is 0 Å². The Labute approximate surface area is 210 Å². The number of hydrogen-bond donors (Lipinski definition) is 1. The maximum absolute atomic E-state index is 14.9. The molecule has 2 aromatic heterocycles. The molecule has 5 rings (SSSR count). The van der Waals surface area contributed by atoms with E-state index in [0.717, 1.165) is 17.8 Å². The Bertz CT molecular complexity index is 1470. The Hall–Kier alpha value is -3.89. The Kier molecular flexibility index (Phi) is 6.38. The number of rotatable bonds is 8. The maximum atomic E-state index is 14.9. The van der Waals surface area contributed by atoms with Crippen molar-refractivity contribution in [2.45, 2.75) is 25.6 Å². The van der Waals surface area contributed by atoms with Crippen molar-refractivity contribution in [2.24, 2.45) is 0 Å². The van der Waals surface area contributed by atoms with E-state index in [0.29, 0.717) is 41.1 Å². The summed E-state index contributed by atoms with van der Waals surface area (Å²) in [6.45, 7) is 2.27. The van der Waals surface area contributed by atoms with Crippen molar-refractivity contribution < 1.29 is 28.5 Å². The van der Waals surface area contributed by atoms with Crippen LogP contribution in [0.1, 0.15) is 30.0 Å². The zero-order valence-corrected chi connectivity index (χ0v) is 20.3. The first-order valence-electron chi connectivity index (χ1n) is 11.3. The number of aromatic nitrogens is 3. The summed E-state index contributed by atoms with van der Waals surface area (Å²) in [7, 11) is 1.51. The van der Waals surface area contributed by atoms with E-state index < -0.39 is 17.6 Å². The summed E-state index contributed by atoms with van der Waals surface area (Å²) in [5.41, 5.74) is 3.01. The predicted molar refractivity (Wildman–Crippen MR) is 131 cm³/mol. The van der Waals surface area contributed by atoms with E-state index in [1.165, 1.54) is 19.2 Å². The Balaban J connectivity index is 1.64. The van der Waals surface area contributed by atoms with Gasteiger partial charge in [-0.05, 0) is 47.9 Å². The number of esters is 1. The Morgan fingerprint density at radius 1 is 1.11 bits per heavy atom. The normalized spacial score (nSPS) is 17.5. The van der Waals surface area contributed by atoms with Crippen LogP contribution in [-0.4, -0.2) is 38.5 Å². The summed E-state index contributed by atoms with van der Waals surface area (Å²) < 4.78 is 39.4. The van der Waals surface area contributed by atoms with Crippen LogP contribution in [0.2, 0.25) is 0 Å². The molecule has 1 aliphatic rings. The number of nitrogens with zero attached hydrogens (tertiary/aromatic N) is 3. The van der Waals surface area contributed by atoms with Crippen LogP contribution in [-0.2, 0) is 21.7 Å². The minimum absolute atomic E-state index is 0.0557. The Morgan fingerprint density at radius 2 is 1.94 bits per heavy atom. The fourth-order valence-electron chi connectivity index (χ4n) is 4.09. The number of methoxy groups -OCH3 is 1. The first kappa shape index (κ1) is 23.8. The molecule has 0 radical (unpaired) electrons. The van der Waals surface area contributed by atoms with Gasteiger partial charge in [0.05, 0.1) is 31.0 Å². The van der Waals surface area contributed by atoms with Crippen molar-refractivity contribution in [1.82, 2.24) is 13.7 Å². The molecule has 36 heavy (non-hydrogen) atoms. The number of cyclic esters (lactones) is 1. The molecule has 1 unspecified atom stereocenters. The number of fused-ring (bicyclic) bond motifs is 1. The molecule has 8 nitrogen and oxygen atoms in total. The van der Waals surface area contributed by atoms with E-state index in [2.05, 4.69) is 13.7 Å². The highest BCUT2D eigenvalue weighted by molar-refractivity contribution is 7.00. The molecular formula is C26H22FN3O5S. The third kappa shape index (κ3) is 4.29. The Morgan fingerprint density at radius 3 is 2.67 bits per heavy atom. The van der Waals surface area contributed by atoms with Gasteiger partial charge in [0.25, 0.3) is 5.79 Å². The van der Waals surface area contributed by atoms with Crippen LogP contribution in [0.5, 0.6) is 11.6 Å². The molecule has 10 heteroatoms. The fourth-order valence-corrected chi connectivity index (χ4v) is 4.61. The summed E-state index contributed by atoms with van der Waals surface area (Å²) in [5, 5.41) is 11.8. The molecular weight excluding hydrogens is 485 g/mol. The standard InChI is InChI=1S/C26H22FN3O5S/c1-3-10-34-22-8-6-17(13-19(22)27)26(32)18(11-15-4-9-23(33-2)28-14-15)24(25(31)35-26)16-5-7-20-21(12-16)30-36-29-20/h4-9,12-14,32H,3,10-11H2,1-2H3. The quantitative estimate of drug-likeness (QED) is 0.350. The van der Waals surface area contributed by atoms with Crippen molar-refractivity contribution in [2.75, 3.05) is 13.7 Å². The average molecular weight is 508 g/mol. The van der Waals surface area contributed by atoms with Gasteiger partial charge in [0.1, 0.15) is 11.0 Å². The number of pyridine rings is 1.